The van der Waals surface area contributed by atoms with Crippen molar-refractivity contribution in [3.8, 4) is 0 Å². The van der Waals surface area contributed by atoms with E-state index < -0.39 is 18.1 Å². The second-order valence-electron chi connectivity index (χ2n) is 7.64. The van der Waals surface area contributed by atoms with Gasteiger partial charge in [-0.3, -0.25) is 9.59 Å². The quantitative estimate of drug-likeness (QED) is 0.788. The van der Waals surface area contributed by atoms with Gasteiger partial charge < -0.3 is 15.8 Å². The number of nitrogens with one attached hydrogen (secondary N) is 1. The molecule has 0 heterocycles. The molecule has 2 atom stereocenters. The Hall–Kier alpha value is -2.66. The topological polar surface area (TPSA) is 81.4 Å². The summed E-state index contributed by atoms with van der Waals surface area (Å²) in [4.78, 5) is 24.5. The zero-order valence-electron chi connectivity index (χ0n) is 16.4. The molecule has 3 N–H and O–H groups in total. The van der Waals surface area contributed by atoms with Gasteiger partial charge in [0.25, 0.3) is 5.91 Å². The maximum Gasteiger partial charge on any atom is 0.254 e. The minimum atomic E-state index is -0.806. The van der Waals surface area contributed by atoms with E-state index in [4.69, 9.17) is 10.5 Å². The highest BCUT2D eigenvalue weighted by Crippen LogP contribution is 2.22. The summed E-state index contributed by atoms with van der Waals surface area (Å²) in [5, 5.41) is 2.72. The highest BCUT2D eigenvalue weighted by molar-refractivity contribution is 5.89. The Bertz CT molecular complexity index is 764. The molecular formula is C22H28N2O3. The van der Waals surface area contributed by atoms with Crippen molar-refractivity contribution in [2.75, 3.05) is 7.11 Å². The SMILES string of the molecule is CO[C@@H](C(=O)N[C@@H](Cc1ccc(C(C)(C)C)cc1)C(N)=O)c1ccccc1. The molecule has 0 radical (unpaired) electrons. The summed E-state index contributed by atoms with van der Waals surface area (Å²) in [5.41, 5.74) is 8.42. The van der Waals surface area contributed by atoms with E-state index in [2.05, 4.69) is 26.1 Å². The van der Waals surface area contributed by atoms with Crippen LogP contribution in [-0.4, -0.2) is 25.0 Å². The molecule has 5 nitrogen and oxygen atoms in total. The molecule has 0 spiro atoms. The number of amides is 2. The highest BCUT2D eigenvalue weighted by Gasteiger charge is 2.25. The van der Waals surface area contributed by atoms with E-state index in [1.165, 1.54) is 12.7 Å². The van der Waals surface area contributed by atoms with Gasteiger partial charge in [0.1, 0.15) is 6.04 Å². The number of hydrogen-bond donors (Lipinski definition) is 2. The monoisotopic (exact) mass is 368 g/mol. The number of carbonyl (C=O) groups is 2. The van der Waals surface area contributed by atoms with E-state index in [0.29, 0.717) is 6.42 Å². The van der Waals surface area contributed by atoms with Gasteiger partial charge in [0.2, 0.25) is 5.91 Å². The average Bonchev–Trinajstić information content (AvgIpc) is 2.62. The van der Waals surface area contributed by atoms with Crippen LogP contribution in [0.25, 0.3) is 0 Å². The fraction of sp³-hybridized carbons (Fsp3) is 0.364. The first kappa shape index (κ1) is 20.6. The van der Waals surface area contributed by atoms with Gasteiger partial charge in [-0.1, -0.05) is 75.4 Å². The first-order valence-corrected chi connectivity index (χ1v) is 8.99. The predicted octanol–water partition coefficient (Wildman–Crippen LogP) is 2.88. The van der Waals surface area contributed by atoms with Crippen molar-refractivity contribution in [1.82, 2.24) is 5.32 Å². The van der Waals surface area contributed by atoms with Crippen molar-refractivity contribution in [1.29, 1.82) is 0 Å². The molecule has 0 fully saturated rings. The summed E-state index contributed by atoms with van der Waals surface area (Å²) in [5.74, 6) is -0.968. The fourth-order valence-electron chi connectivity index (χ4n) is 2.87. The lowest BCUT2D eigenvalue weighted by Crippen LogP contribution is -2.47. The minimum absolute atomic E-state index is 0.0528. The van der Waals surface area contributed by atoms with E-state index in [9.17, 15) is 9.59 Å². The molecule has 0 aliphatic heterocycles. The molecular weight excluding hydrogens is 340 g/mol. The molecule has 0 unspecified atom stereocenters. The molecule has 2 aromatic rings. The van der Waals surface area contributed by atoms with Crippen molar-refractivity contribution in [2.24, 2.45) is 5.73 Å². The number of ether oxygens (including phenoxy) is 1. The summed E-state index contributed by atoms with van der Waals surface area (Å²) in [6, 6.07) is 16.3. The number of methoxy groups -OCH3 is 1. The van der Waals surface area contributed by atoms with E-state index in [-0.39, 0.29) is 11.3 Å². The van der Waals surface area contributed by atoms with Crippen LogP contribution in [-0.2, 0) is 26.2 Å². The number of rotatable bonds is 7. The number of benzene rings is 2. The number of hydrogen-bond acceptors (Lipinski definition) is 3. The largest absolute Gasteiger partial charge is 0.368 e. The Kier molecular flexibility index (Phi) is 6.75. The maximum atomic E-state index is 12.6. The van der Waals surface area contributed by atoms with Gasteiger partial charge in [0, 0.05) is 13.5 Å². The van der Waals surface area contributed by atoms with Gasteiger partial charge in [-0.2, -0.15) is 0 Å². The minimum Gasteiger partial charge on any atom is -0.368 e. The van der Waals surface area contributed by atoms with Crippen LogP contribution in [0, 0.1) is 0 Å². The van der Waals surface area contributed by atoms with Crippen LogP contribution in [0.3, 0.4) is 0 Å². The molecule has 0 saturated heterocycles. The summed E-state index contributed by atoms with van der Waals surface area (Å²) < 4.78 is 5.32. The van der Waals surface area contributed by atoms with Crippen molar-refractivity contribution in [3.63, 3.8) is 0 Å². The van der Waals surface area contributed by atoms with Gasteiger partial charge in [0.15, 0.2) is 6.10 Å². The molecule has 2 rings (SSSR count). The lowest BCUT2D eigenvalue weighted by Gasteiger charge is -2.22. The average molecular weight is 368 g/mol. The Morgan fingerprint density at radius 2 is 1.63 bits per heavy atom. The molecule has 0 aliphatic carbocycles. The zero-order chi connectivity index (χ0) is 20.0. The van der Waals surface area contributed by atoms with E-state index in [1.807, 2.05) is 42.5 Å². The van der Waals surface area contributed by atoms with Crippen LogP contribution in [0.1, 0.15) is 43.6 Å². The summed E-state index contributed by atoms with van der Waals surface area (Å²) >= 11 is 0. The fourth-order valence-corrected chi connectivity index (χ4v) is 2.87. The normalized spacial score (nSPS) is 13.6. The van der Waals surface area contributed by atoms with Crippen LogP contribution < -0.4 is 11.1 Å². The van der Waals surface area contributed by atoms with Gasteiger partial charge in [-0.25, -0.2) is 0 Å². The summed E-state index contributed by atoms with van der Waals surface area (Å²) in [6.07, 6.45) is -0.465. The second-order valence-corrected chi connectivity index (χ2v) is 7.64. The number of carbonyl (C=O) groups excluding carboxylic acids is 2. The first-order valence-electron chi connectivity index (χ1n) is 8.99. The lowest BCUT2D eigenvalue weighted by atomic mass is 9.86. The van der Waals surface area contributed by atoms with Gasteiger partial charge in [-0.05, 0) is 22.1 Å². The van der Waals surface area contributed by atoms with Crippen molar-refractivity contribution >= 4 is 11.8 Å². The van der Waals surface area contributed by atoms with E-state index >= 15 is 0 Å². The van der Waals surface area contributed by atoms with Gasteiger partial charge in [-0.15, -0.1) is 0 Å². The first-order chi connectivity index (χ1) is 12.7. The van der Waals surface area contributed by atoms with Gasteiger partial charge >= 0.3 is 0 Å². The third kappa shape index (κ3) is 5.66. The van der Waals surface area contributed by atoms with Crippen molar-refractivity contribution < 1.29 is 14.3 Å². The van der Waals surface area contributed by atoms with Gasteiger partial charge in [0.05, 0.1) is 0 Å². The number of primary amides is 1. The zero-order valence-corrected chi connectivity index (χ0v) is 16.4. The summed E-state index contributed by atoms with van der Waals surface area (Å²) in [6.45, 7) is 6.43. The molecule has 0 saturated carbocycles. The Morgan fingerprint density at radius 1 is 1.04 bits per heavy atom. The summed E-state index contributed by atoms with van der Waals surface area (Å²) in [7, 11) is 1.46. The second kappa shape index (κ2) is 8.82. The van der Waals surface area contributed by atoms with Crippen molar-refractivity contribution in [2.45, 2.75) is 44.8 Å². The molecule has 0 aromatic heterocycles. The maximum absolute atomic E-state index is 12.6. The smallest absolute Gasteiger partial charge is 0.254 e. The third-order valence-electron chi connectivity index (χ3n) is 4.50. The van der Waals surface area contributed by atoms with E-state index in [1.54, 1.807) is 12.1 Å². The molecule has 5 heteroatoms. The molecule has 144 valence electrons. The Labute approximate surface area is 160 Å². The standard InChI is InChI=1S/C22H28N2O3/c1-22(2,3)17-12-10-15(11-13-17)14-18(20(23)25)24-21(26)19(27-4)16-8-6-5-7-9-16/h5-13,18-19H,14H2,1-4H3,(H2,23,25)(H,24,26)/t18-,19+/m0/s1. The van der Waals surface area contributed by atoms with Crippen LogP contribution in [0.15, 0.2) is 54.6 Å². The molecule has 0 bridgehead atoms. The Balaban J connectivity index is 2.11. The van der Waals surface area contributed by atoms with Crippen LogP contribution in [0.5, 0.6) is 0 Å². The molecule has 27 heavy (non-hydrogen) atoms. The molecule has 0 aliphatic rings. The highest BCUT2D eigenvalue weighted by atomic mass is 16.5. The molecule has 2 aromatic carbocycles. The predicted molar refractivity (Wildman–Crippen MR) is 106 cm³/mol. The number of nitrogens with two attached hydrogens (primary N) is 1. The Morgan fingerprint density at radius 3 is 2.11 bits per heavy atom. The van der Waals surface area contributed by atoms with E-state index in [0.717, 1.165) is 11.1 Å². The lowest BCUT2D eigenvalue weighted by molar-refractivity contribution is -0.134. The third-order valence-corrected chi connectivity index (χ3v) is 4.50. The van der Waals surface area contributed by atoms with Crippen molar-refractivity contribution in [3.05, 3.63) is 71.3 Å². The van der Waals surface area contributed by atoms with Crippen LogP contribution >= 0.6 is 0 Å². The van der Waals surface area contributed by atoms with Crippen LogP contribution in [0.4, 0.5) is 0 Å². The van der Waals surface area contributed by atoms with Crippen LogP contribution in [0.2, 0.25) is 0 Å². The molecule has 2 amide bonds.